The van der Waals surface area contributed by atoms with E-state index in [-0.39, 0.29) is 36.5 Å². The second-order valence-electron chi connectivity index (χ2n) is 14.4. The molecule has 4 aromatic rings. The van der Waals surface area contributed by atoms with Gasteiger partial charge in [0.15, 0.2) is 0 Å². The second kappa shape index (κ2) is 23.0. The van der Waals surface area contributed by atoms with Gasteiger partial charge in [-0.1, -0.05) is 76.9 Å². The molecule has 6 atom stereocenters. The molecule has 0 radical (unpaired) electrons. The number of hydrogen-bond donors (Lipinski definition) is 8. The number of benzene rings is 2. The van der Waals surface area contributed by atoms with Crippen molar-refractivity contribution in [3.63, 3.8) is 0 Å². The molecule has 2 unspecified atom stereocenters. The van der Waals surface area contributed by atoms with Crippen molar-refractivity contribution in [2.24, 2.45) is 11.8 Å². The molecule has 8 N–H and O–H groups in total. The number of rotatable bonds is 23. The van der Waals surface area contributed by atoms with Crippen LogP contribution in [0.25, 0.3) is 0 Å². The molecule has 2 aromatic heterocycles. The first kappa shape index (κ1) is 44.4. The van der Waals surface area contributed by atoms with Crippen LogP contribution in [0.1, 0.15) is 85.5 Å². The minimum absolute atomic E-state index is 0.142. The van der Waals surface area contributed by atoms with E-state index in [0.717, 1.165) is 0 Å². The van der Waals surface area contributed by atoms with Gasteiger partial charge in [0.05, 0.1) is 12.7 Å². The monoisotopic (exact) mass is 796 g/mol. The third-order valence-corrected chi connectivity index (χ3v) is 10.1. The highest BCUT2D eigenvalue weighted by Gasteiger charge is 2.32. The summed E-state index contributed by atoms with van der Waals surface area (Å²) < 4.78 is 0. The van der Waals surface area contributed by atoms with E-state index in [1.54, 1.807) is 73.1 Å². The van der Waals surface area contributed by atoms with Gasteiger partial charge in [0.2, 0.25) is 23.6 Å². The molecule has 58 heavy (non-hydrogen) atoms. The fraction of sp³-hybridized carbons (Fsp3) is 0.429. The Morgan fingerprint density at radius 3 is 1.26 bits per heavy atom. The Hall–Kier alpha value is -6.32. The number of carbonyl (C=O) groups excluding carboxylic acids is 6. The van der Waals surface area contributed by atoms with Crippen molar-refractivity contribution >= 4 is 35.4 Å². The van der Waals surface area contributed by atoms with E-state index in [4.69, 9.17) is 0 Å². The first-order valence-electron chi connectivity index (χ1n) is 19.8. The van der Waals surface area contributed by atoms with Crippen molar-refractivity contribution in [3.05, 3.63) is 108 Å². The number of carbonyl (C=O) groups is 6. The Kier molecular flexibility index (Phi) is 17.6. The van der Waals surface area contributed by atoms with Crippen molar-refractivity contribution in [2.75, 3.05) is 13.1 Å². The van der Waals surface area contributed by atoms with Gasteiger partial charge in [-0.15, -0.1) is 0 Å². The van der Waals surface area contributed by atoms with Gasteiger partial charge in [-0.25, -0.2) is 9.97 Å². The van der Waals surface area contributed by atoms with Crippen LogP contribution in [0.3, 0.4) is 0 Å². The number of hydrogen-bond acceptors (Lipinski definition) is 8. The fourth-order valence-electron chi connectivity index (χ4n) is 6.12. The molecule has 0 saturated heterocycles. The SMILES string of the molecule is CCC(C)[C@H](NC(=O)[C@H](Cc1cnc[nH]1)NC(=O)c1ccccc1)C(=O)NCCCCNC(=O)[C@H](NC(=O)[C@@H](Cc1cnc[nH]1)NC(=O)c1ccccc1)C(C)CC. The van der Waals surface area contributed by atoms with Gasteiger partial charge in [-0.3, -0.25) is 28.8 Å². The molecule has 0 bridgehead atoms. The summed E-state index contributed by atoms with van der Waals surface area (Å²) in [4.78, 5) is 94.1. The van der Waals surface area contributed by atoms with Crippen LogP contribution in [0.15, 0.2) is 85.7 Å². The maximum absolute atomic E-state index is 13.6. The van der Waals surface area contributed by atoms with E-state index in [0.29, 0.717) is 61.3 Å². The average molecular weight is 797 g/mol. The number of imidazole rings is 2. The molecule has 6 amide bonds. The highest BCUT2D eigenvalue weighted by molar-refractivity contribution is 5.99. The third-order valence-electron chi connectivity index (χ3n) is 10.1. The van der Waals surface area contributed by atoms with Crippen molar-refractivity contribution in [3.8, 4) is 0 Å². The molecule has 0 saturated carbocycles. The standard InChI is InChI=1S/C42H56N10O6/c1-5-27(3)35(51-39(55)33(21-31-23-43-25-47-31)49-37(53)29-15-9-7-10-16-29)41(57)45-19-13-14-20-46-42(58)36(28(4)6-2)52-40(56)34(22-32-24-44-26-48-32)50-38(54)30-17-11-8-12-18-30/h7-12,15-18,23-28,33-36H,5-6,13-14,19-22H2,1-4H3,(H,43,47)(H,44,48)(H,45,57)(H,46,58)(H,49,53)(H,50,54)(H,51,55)(H,52,56)/t27?,28?,33-,34+,35-,36+. The molecule has 16 heteroatoms. The van der Waals surface area contributed by atoms with Crippen LogP contribution in [-0.4, -0.2) is 92.6 Å². The van der Waals surface area contributed by atoms with Crippen LogP contribution in [0.5, 0.6) is 0 Å². The predicted molar refractivity (Wildman–Crippen MR) is 218 cm³/mol. The molecule has 0 fully saturated rings. The lowest BCUT2D eigenvalue weighted by molar-refractivity contribution is -0.131. The van der Waals surface area contributed by atoms with Crippen LogP contribution in [0.4, 0.5) is 0 Å². The Morgan fingerprint density at radius 2 is 0.931 bits per heavy atom. The molecular weight excluding hydrogens is 741 g/mol. The molecule has 0 aliphatic carbocycles. The topological polar surface area (TPSA) is 232 Å². The number of H-pyrrole nitrogens is 2. The molecule has 0 aliphatic rings. The summed E-state index contributed by atoms with van der Waals surface area (Å²) in [7, 11) is 0. The maximum Gasteiger partial charge on any atom is 0.251 e. The predicted octanol–water partition coefficient (Wildman–Crippen LogP) is 2.59. The lowest BCUT2D eigenvalue weighted by Gasteiger charge is -2.27. The van der Waals surface area contributed by atoms with Gasteiger partial charge < -0.3 is 41.9 Å². The largest absolute Gasteiger partial charge is 0.354 e. The maximum atomic E-state index is 13.6. The lowest BCUT2D eigenvalue weighted by atomic mass is 9.97. The van der Waals surface area contributed by atoms with Crippen LogP contribution >= 0.6 is 0 Å². The Labute approximate surface area is 338 Å². The van der Waals surface area contributed by atoms with Crippen LogP contribution in [-0.2, 0) is 32.0 Å². The Bertz CT molecular complexity index is 1750. The molecule has 2 heterocycles. The zero-order valence-electron chi connectivity index (χ0n) is 33.5. The number of amides is 6. The van der Waals surface area contributed by atoms with Crippen LogP contribution in [0.2, 0.25) is 0 Å². The van der Waals surface area contributed by atoms with Gasteiger partial charge in [-0.2, -0.15) is 0 Å². The van der Waals surface area contributed by atoms with Crippen molar-refractivity contribution in [2.45, 2.75) is 90.4 Å². The first-order chi connectivity index (χ1) is 28.0. The molecule has 2 aromatic carbocycles. The first-order valence-corrected chi connectivity index (χ1v) is 19.8. The van der Waals surface area contributed by atoms with E-state index in [2.05, 4.69) is 51.8 Å². The highest BCUT2D eigenvalue weighted by Crippen LogP contribution is 2.12. The lowest BCUT2D eigenvalue weighted by Crippen LogP contribution is -2.56. The van der Waals surface area contributed by atoms with E-state index in [9.17, 15) is 28.8 Å². The van der Waals surface area contributed by atoms with Gasteiger partial charge in [0.25, 0.3) is 11.8 Å². The molecule has 0 aliphatic heterocycles. The Balaban J connectivity index is 1.29. The minimum atomic E-state index is -0.976. The van der Waals surface area contributed by atoms with Crippen LogP contribution < -0.4 is 31.9 Å². The molecule has 4 rings (SSSR count). The van der Waals surface area contributed by atoms with Gasteiger partial charge in [0, 0.05) is 60.8 Å². The average Bonchev–Trinajstić information content (AvgIpc) is 3.97. The smallest absolute Gasteiger partial charge is 0.251 e. The Morgan fingerprint density at radius 1 is 0.552 bits per heavy atom. The quantitative estimate of drug-likeness (QED) is 0.0519. The fourth-order valence-corrected chi connectivity index (χ4v) is 6.12. The third kappa shape index (κ3) is 13.7. The van der Waals surface area contributed by atoms with Gasteiger partial charge >= 0.3 is 0 Å². The summed E-state index contributed by atoms with van der Waals surface area (Å²) in [5, 5.41) is 17.1. The normalized spacial score (nSPS) is 14.1. The zero-order chi connectivity index (χ0) is 41.9. The number of aromatic amines is 2. The van der Waals surface area contributed by atoms with Gasteiger partial charge in [-0.05, 0) is 48.9 Å². The summed E-state index contributed by atoms with van der Waals surface area (Å²) in [5.74, 6) is -2.98. The highest BCUT2D eigenvalue weighted by atomic mass is 16.2. The summed E-state index contributed by atoms with van der Waals surface area (Å²) in [5.41, 5.74) is 2.09. The van der Waals surface area contributed by atoms with E-state index in [1.807, 2.05) is 27.7 Å². The number of unbranched alkanes of at least 4 members (excludes halogenated alkanes) is 1. The number of aromatic nitrogens is 4. The van der Waals surface area contributed by atoms with E-state index >= 15 is 0 Å². The summed E-state index contributed by atoms with van der Waals surface area (Å²) in [6.07, 6.45) is 8.70. The molecule has 0 spiro atoms. The molecule has 16 nitrogen and oxygen atoms in total. The molecular formula is C42H56N10O6. The number of nitrogens with one attached hydrogen (secondary N) is 8. The van der Waals surface area contributed by atoms with E-state index in [1.165, 1.54) is 12.7 Å². The summed E-state index contributed by atoms with van der Waals surface area (Å²) >= 11 is 0. The van der Waals surface area contributed by atoms with E-state index < -0.39 is 47.8 Å². The van der Waals surface area contributed by atoms with Crippen molar-refractivity contribution in [1.82, 2.24) is 51.8 Å². The number of nitrogens with zero attached hydrogens (tertiary/aromatic N) is 2. The van der Waals surface area contributed by atoms with Gasteiger partial charge in [0.1, 0.15) is 24.2 Å². The van der Waals surface area contributed by atoms with Crippen LogP contribution in [0, 0.1) is 11.8 Å². The van der Waals surface area contributed by atoms with Crippen molar-refractivity contribution < 1.29 is 28.8 Å². The van der Waals surface area contributed by atoms with Crippen molar-refractivity contribution in [1.29, 1.82) is 0 Å². The summed E-state index contributed by atoms with van der Waals surface area (Å²) in [6, 6.07) is 13.5. The summed E-state index contributed by atoms with van der Waals surface area (Å²) in [6.45, 7) is 8.18. The zero-order valence-corrected chi connectivity index (χ0v) is 33.5. The second-order valence-corrected chi connectivity index (χ2v) is 14.4. The molecule has 310 valence electrons. The minimum Gasteiger partial charge on any atom is -0.354 e.